The zero-order valence-corrected chi connectivity index (χ0v) is 15.2. The molecule has 1 aliphatic heterocycles. The molecule has 2 aliphatic rings. The Bertz CT molecular complexity index is 1050. The maximum atomic E-state index is 12.3. The average molecular weight is 367 g/mol. The van der Waals surface area contributed by atoms with Gasteiger partial charge < -0.3 is 9.64 Å². The van der Waals surface area contributed by atoms with Crippen LogP contribution in [0.4, 0.5) is 5.82 Å². The molecule has 9 nitrogen and oxygen atoms in total. The first-order chi connectivity index (χ1) is 13.2. The Morgan fingerprint density at radius 2 is 2.15 bits per heavy atom. The number of ether oxygens (including phenoxy) is 1. The van der Waals surface area contributed by atoms with Crippen molar-refractivity contribution in [1.29, 1.82) is 0 Å². The van der Waals surface area contributed by atoms with E-state index < -0.39 is 0 Å². The van der Waals surface area contributed by atoms with Crippen molar-refractivity contribution in [3.63, 3.8) is 0 Å². The summed E-state index contributed by atoms with van der Waals surface area (Å²) in [7, 11) is 1.65. The van der Waals surface area contributed by atoms with Crippen molar-refractivity contribution in [2.45, 2.75) is 32.4 Å². The van der Waals surface area contributed by atoms with Crippen molar-refractivity contribution in [2.24, 2.45) is 5.92 Å². The summed E-state index contributed by atoms with van der Waals surface area (Å²) in [5.74, 6) is 1.90. The number of hydrogen-bond acceptors (Lipinski definition) is 7. The SMILES string of the molecule is COCc1cc(N2CC(Cn3nc4c(cc3=O)CCC4)C2)n2ncnc2n1. The van der Waals surface area contributed by atoms with Crippen molar-refractivity contribution in [2.75, 3.05) is 25.1 Å². The number of hydrogen-bond donors (Lipinski definition) is 0. The van der Waals surface area contributed by atoms with Gasteiger partial charge in [0.05, 0.1) is 24.5 Å². The van der Waals surface area contributed by atoms with Crippen LogP contribution in [0, 0.1) is 5.92 Å². The first-order valence-corrected chi connectivity index (χ1v) is 9.25. The first kappa shape index (κ1) is 16.4. The van der Waals surface area contributed by atoms with Crippen molar-refractivity contribution in [3.05, 3.63) is 45.8 Å². The molecule has 0 saturated carbocycles. The van der Waals surface area contributed by atoms with E-state index in [0.29, 0.717) is 24.8 Å². The van der Waals surface area contributed by atoms with Gasteiger partial charge in [0.1, 0.15) is 12.1 Å². The van der Waals surface area contributed by atoms with Gasteiger partial charge in [0.25, 0.3) is 11.3 Å². The van der Waals surface area contributed by atoms with E-state index in [-0.39, 0.29) is 5.56 Å². The monoisotopic (exact) mass is 367 g/mol. The minimum Gasteiger partial charge on any atom is -0.378 e. The Hall–Kier alpha value is -2.81. The highest BCUT2D eigenvalue weighted by Gasteiger charge is 2.30. The summed E-state index contributed by atoms with van der Waals surface area (Å²) in [5, 5.41) is 8.86. The molecule has 1 aliphatic carbocycles. The molecule has 0 amide bonds. The molecule has 1 fully saturated rings. The van der Waals surface area contributed by atoms with Crippen LogP contribution in [-0.2, 0) is 30.7 Å². The summed E-state index contributed by atoms with van der Waals surface area (Å²) in [5.41, 5.74) is 3.06. The topological polar surface area (TPSA) is 90.4 Å². The van der Waals surface area contributed by atoms with Gasteiger partial charge in [-0.1, -0.05) is 0 Å². The number of rotatable bonds is 5. The van der Waals surface area contributed by atoms with Gasteiger partial charge in [0.2, 0.25) is 0 Å². The number of anilines is 1. The lowest BCUT2D eigenvalue weighted by molar-refractivity contribution is 0.181. The van der Waals surface area contributed by atoms with Gasteiger partial charge >= 0.3 is 0 Å². The molecule has 9 heteroatoms. The summed E-state index contributed by atoms with van der Waals surface area (Å²) < 4.78 is 8.59. The second kappa shape index (κ2) is 6.41. The van der Waals surface area contributed by atoms with E-state index in [0.717, 1.165) is 55.1 Å². The van der Waals surface area contributed by atoms with E-state index in [9.17, 15) is 4.79 Å². The molecular formula is C18H21N7O2. The van der Waals surface area contributed by atoms with E-state index in [1.54, 1.807) is 22.4 Å². The number of aromatic nitrogens is 6. The fraction of sp³-hybridized carbons (Fsp3) is 0.500. The predicted octanol–water partition coefficient (Wildman–Crippen LogP) is 0.452. The van der Waals surface area contributed by atoms with E-state index >= 15 is 0 Å². The highest BCUT2D eigenvalue weighted by Crippen LogP contribution is 2.26. The first-order valence-electron chi connectivity index (χ1n) is 9.25. The van der Waals surface area contributed by atoms with Crippen molar-refractivity contribution in [3.8, 4) is 0 Å². The third-order valence-electron chi connectivity index (χ3n) is 5.31. The zero-order valence-electron chi connectivity index (χ0n) is 15.2. The molecule has 0 radical (unpaired) electrons. The second-order valence-electron chi connectivity index (χ2n) is 7.27. The molecule has 0 aromatic carbocycles. The van der Waals surface area contributed by atoms with Gasteiger partial charge in [0.15, 0.2) is 0 Å². The highest BCUT2D eigenvalue weighted by atomic mass is 16.5. The Morgan fingerprint density at radius 3 is 3.00 bits per heavy atom. The lowest BCUT2D eigenvalue weighted by atomic mass is 10.00. The molecule has 5 rings (SSSR count). The molecular weight excluding hydrogens is 346 g/mol. The lowest BCUT2D eigenvalue weighted by Crippen LogP contribution is -2.50. The summed E-state index contributed by atoms with van der Waals surface area (Å²) in [4.78, 5) is 23.2. The van der Waals surface area contributed by atoms with Crippen LogP contribution in [0.5, 0.6) is 0 Å². The molecule has 4 heterocycles. The molecule has 3 aromatic heterocycles. The minimum absolute atomic E-state index is 0.0130. The summed E-state index contributed by atoms with van der Waals surface area (Å²) in [6.07, 6.45) is 4.57. The molecule has 140 valence electrons. The van der Waals surface area contributed by atoms with Gasteiger partial charge in [-0.15, -0.1) is 0 Å². The smallest absolute Gasteiger partial charge is 0.267 e. The Balaban J connectivity index is 1.33. The molecule has 0 bridgehead atoms. The fourth-order valence-electron chi connectivity index (χ4n) is 3.98. The molecule has 3 aromatic rings. The van der Waals surface area contributed by atoms with Crippen LogP contribution in [-0.4, -0.2) is 49.6 Å². The van der Waals surface area contributed by atoms with Crippen LogP contribution in [0.25, 0.3) is 5.78 Å². The van der Waals surface area contributed by atoms with Gasteiger partial charge in [-0.2, -0.15) is 19.7 Å². The van der Waals surface area contributed by atoms with Crippen molar-refractivity contribution >= 4 is 11.6 Å². The van der Waals surface area contributed by atoms with Crippen LogP contribution < -0.4 is 10.5 Å². The summed E-state index contributed by atoms with van der Waals surface area (Å²) >= 11 is 0. The van der Waals surface area contributed by atoms with Crippen molar-refractivity contribution < 1.29 is 4.74 Å². The predicted molar refractivity (Wildman–Crippen MR) is 97.7 cm³/mol. The molecule has 27 heavy (non-hydrogen) atoms. The number of nitrogens with zero attached hydrogens (tertiary/aromatic N) is 7. The number of aryl methyl sites for hydroxylation is 2. The normalized spacial score (nSPS) is 16.7. The van der Waals surface area contributed by atoms with Crippen LogP contribution in [0.1, 0.15) is 23.4 Å². The van der Waals surface area contributed by atoms with Gasteiger partial charge in [-0.05, 0) is 24.8 Å². The number of fused-ring (bicyclic) bond motifs is 2. The Morgan fingerprint density at radius 1 is 1.26 bits per heavy atom. The van der Waals surface area contributed by atoms with Crippen molar-refractivity contribution in [1.82, 2.24) is 29.4 Å². The molecule has 0 spiro atoms. The maximum absolute atomic E-state index is 12.3. The van der Waals surface area contributed by atoms with Crippen LogP contribution in [0.3, 0.4) is 0 Å². The van der Waals surface area contributed by atoms with E-state index in [1.165, 1.54) is 6.33 Å². The molecule has 0 N–H and O–H groups in total. The summed E-state index contributed by atoms with van der Waals surface area (Å²) in [6.45, 7) is 2.77. The third kappa shape index (κ3) is 2.87. The summed E-state index contributed by atoms with van der Waals surface area (Å²) in [6, 6.07) is 3.76. The largest absolute Gasteiger partial charge is 0.378 e. The van der Waals surface area contributed by atoms with Crippen LogP contribution in [0.2, 0.25) is 0 Å². The van der Waals surface area contributed by atoms with Crippen LogP contribution >= 0.6 is 0 Å². The van der Waals surface area contributed by atoms with E-state index in [1.807, 2.05) is 6.07 Å². The van der Waals surface area contributed by atoms with Gasteiger partial charge in [-0.3, -0.25) is 4.79 Å². The van der Waals surface area contributed by atoms with E-state index in [2.05, 4.69) is 25.1 Å². The zero-order chi connectivity index (χ0) is 18.4. The van der Waals surface area contributed by atoms with E-state index in [4.69, 9.17) is 4.74 Å². The van der Waals surface area contributed by atoms with Gasteiger partial charge in [0, 0.05) is 38.2 Å². The average Bonchev–Trinajstić information content (AvgIpc) is 3.26. The minimum atomic E-state index is 0.0130. The second-order valence-corrected chi connectivity index (χ2v) is 7.27. The molecule has 1 saturated heterocycles. The highest BCUT2D eigenvalue weighted by molar-refractivity contribution is 5.49. The lowest BCUT2D eigenvalue weighted by Gasteiger charge is -2.40. The standard InChI is InChI=1S/C18H21N7O2/c1-27-10-14-6-16(25-18(21-14)19-11-20-25)23-7-12(8-23)9-24-17(26)5-13-3-2-4-15(13)22-24/h5-6,11-12H,2-4,7-10H2,1H3. The Kier molecular flexibility index (Phi) is 3.89. The quantitative estimate of drug-likeness (QED) is 0.647. The number of methoxy groups -OCH3 is 1. The Labute approximate surface area is 155 Å². The van der Waals surface area contributed by atoms with Crippen LogP contribution in [0.15, 0.2) is 23.3 Å². The molecule has 0 atom stereocenters. The maximum Gasteiger partial charge on any atom is 0.267 e. The fourth-order valence-corrected chi connectivity index (χ4v) is 3.98. The van der Waals surface area contributed by atoms with Gasteiger partial charge in [-0.25, -0.2) is 9.67 Å². The third-order valence-corrected chi connectivity index (χ3v) is 5.31. The molecule has 0 unspecified atom stereocenters.